The number of nitrogens with one attached hydrogen (secondary N) is 1. The topological polar surface area (TPSA) is 86.7 Å². The molecule has 2 aliphatic rings. The average Bonchev–Trinajstić information content (AvgIpc) is 3.05. The maximum atomic E-state index is 13.0. The minimum atomic E-state index is -1.01. The lowest BCUT2D eigenvalue weighted by molar-refractivity contribution is -0.161. The predicted molar refractivity (Wildman–Crippen MR) is 130 cm³/mol. The van der Waals surface area contributed by atoms with E-state index < -0.39 is 22.8 Å². The summed E-state index contributed by atoms with van der Waals surface area (Å²) in [4.78, 5) is 38.8. The van der Waals surface area contributed by atoms with E-state index in [1.165, 1.54) is 32.8 Å². The van der Waals surface area contributed by atoms with E-state index in [0.29, 0.717) is 0 Å². The van der Waals surface area contributed by atoms with Gasteiger partial charge in [-0.25, -0.2) is 4.79 Å². The highest BCUT2D eigenvalue weighted by Gasteiger charge is 2.64. The molecule has 6 nitrogen and oxygen atoms in total. The van der Waals surface area contributed by atoms with Crippen molar-refractivity contribution in [2.75, 3.05) is 0 Å². The first-order valence-electron chi connectivity index (χ1n) is 10.9. The van der Waals surface area contributed by atoms with Gasteiger partial charge in [0.1, 0.15) is 17.5 Å². The maximum absolute atomic E-state index is 13.0. The third kappa shape index (κ3) is 2.85. The van der Waals surface area contributed by atoms with Gasteiger partial charge in [0.15, 0.2) is 0 Å². The maximum Gasteiger partial charge on any atom is 0.327 e. The molecule has 0 bridgehead atoms. The largest absolute Gasteiger partial charge is 0.480 e. The van der Waals surface area contributed by atoms with Crippen LogP contribution in [0.4, 0.5) is 0 Å². The molecule has 3 atom stereocenters. The van der Waals surface area contributed by atoms with Crippen LogP contribution in [0.5, 0.6) is 0 Å². The van der Waals surface area contributed by atoms with Crippen molar-refractivity contribution in [3.8, 4) is 0 Å². The predicted octanol–water partition coefficient (Wildman–Crippen LogP) is 3.76. The summed E-state index contributed by atoms with van der Waals surface area (Å²) < 4.78 is -0.613. The Labute approximate surface area is 194 Å². The number of carbonyl (C=O) groups is 3. The summed E-state index contributed by atoms with van der Waals surface area (Å²) in [5, 5.41) is 18.9. The molecule has 7 heteroatoms. The third-order valence-electron chi connectivity index (χ3n) is 6.96. The summed E-state index contributed by atoms with van der Waals surface area (Å²) in [6.45, 7) is 3.65. The summed E-state index contributed by atoms with van der Waals surface area (Å²) in [5.41, 5.74) is 0.907. The molecule has 4 aromatic carbocycles. The molecular weight excluding hydrogens is 436 g/mol. The van der Waals surface area contributed by atoms with Gasteiger partial charge in [-0.15, -0.1) is 11.8 Å². The Bertz CT molecular complexity index is 1460. The molecule has 33 heavy (non-hydrogen) atoms. The van der Waals surface area contributed by atoms with E-state index in [4.69, 9.17) is 0 Å². The van der Waals surface area contributed by atoms with Crippen LogP contribution in [0, 0.1) is 0 Å². The van der Waals surface area contributed by atoms with Crippen molar-refractivity contribution >= 4 is 61.9 Å². The summed E-state index contributed by atoms with van der Waals surface area (Å²) in [7, 11) is 0. The third-order valence-corrected chi connectivity index (χ3v) is 8.53. The Balaban J connectivity index is 1.28. The summed E-state index contributed by atoms with van der Waals surface area (Å²) >= 11 is 1.43. The highest BCUT2D eigenvalue weighted by molar-refractivity contribution is 8.01. The molecule has 2 amide bonds. The lowest BCUT2D eigenvalue weighted by Gasteiger charge is -2.43. The van der Waals surface area contributed by atoms with Crippen molar-refractivity contribution < 1.29 is 19.5 Å². The second kappa shape index (κ2) is 6.84. The Morgan fingerprint density at radius 3 is 2.33 bits per heavy atom. The lowest BCUT2D eigenvalue weighted by Crippen LogP contribution is -2.70. The number of thioether (sulfide) groups is 1. The molecule has 0 spiro atoms. The number of fused-ring (bicyclic) bond motifs is 1. The number of aliphatic carboxylic acids is 1. The molecule has 2 saturated heterocycles. The number of hydrogen-bond acceptors (Lipinski definition) is 4. The molecule has 2 N–H and O–H groups in total. The molecule has 2 aliphatic heterocycles. The van der Waals surface area contributed by atoms with Crippen molar-refractivity contribution in [1.82, 2.24) is 10.2 Å². The molecule has 6 rings (SSSR count). The Morgan fingerprint density at radius 2 is 1.64 bits per heavy atom. The molecular formula is C26H22N2O4S. The zero-order valence-corrected chi connectivity index (χ0v) is 19.0. The van der Waals surface area contributed by atoms with Gasteiger partial charge in [-0.1, -0.05) is 54.6 Å². The van der Waals surface area contributed by atoms with Crippen molar-refractivity contribution in [3.05, 3.63) is 60.2 Å². The van der Waals surface area contributed by atoms with E-state index >= 15 is 0 Å². The minimum Gasteiger partial charge on any atom is -0.480 e. The fourth-order valence-corrected chi connectivity index (χ4v) is 7.12. The molecule has 4 aromatic rings. The van der Waals surface area contributed by atoms with E-state index in [1.54, 1.807) is 0 Å². The highest BCUT2D eigenvalue weighted by Crippen LogP contribution is 2.50. The Morgan fingerprint density at radius 1 is 1.00 bits per heavy atom. The standard InChI is InChI=1S/C26H22N2O4S/c1-26(2)22(25(31)32)28-23(30)21(24(28)33-26)27-18(29)12-16-9-8-15-7-6-13-4-3-5-14-10-11-17(16)20(15)19(13)14/h3-11,21-22,24H,12H2,1-2H3,(H,27,29)(H,31,32)/t21-,22+,24-/m1/s1. The van der Waals surface area contributed by atoms with E-state index in [9.17, 15) is 19.5 Å². The molecule has 0 aromatic heterocycles. The highest BCUT2D eigenvalue weighted by atomic mass is 32.2. The first kappa shape index (κ1) is 20.3. The van der Waals surface area contributed by atoms with Gasteiger partial charge in [0.25, 0.3) is 0 Å². The number of amides is 2. The molecule has 0 unspecified atom stereocenters. The van der Waals surface area contributed by atoms with Crippen LogP contribution in [0.25, 0.3) is 32.3 Å². The van der Waals surface area contributed by atoms with Gasteiger partial charge in [-0.3, -0.25) is 9.59 Å². The molecule has 0 aliphatic carbocycles. The van der Waals surface area contributed by atoms with Crippen molar-refractivity contribution in [2.45, 2.75) is 42.5 Å². The average molecular weight is 459 g/mol. The zero-order chi connectivity index (χ0) is 23.1. The number of carbonyl (C=O) groups excluding carboxylic acids is 2. The van der Waals surface area contributed by atoms with Crippen molar-refractivity contribution in [2.24, 2.45) is 0 Å². The second-order valence-corrected chi connectivity index (χ2v) is 11.2. The molecule has 166 valence electrons. The van der Waals surface area contributed by atoms with Crippen LogP contribution >= 0.6 is 11.8 Å². The van der Waals surface area contributed by atoms with Crippen LogP contribution in [0.15, 0.2) is 54.6 Å². The quantitative estimate of drug-likeness (QED) is 0.359. The first-order chi connectivity index (χ1) is 15.8. The first-order valence-corrected chi connectivity index (χ1v) is 11.8. The Hall–Kier alpha value is -3.32. The number of benzene rings is 4. The summed E-state index contributed by atoms with van der Waals surface area (Å²) in [5.74, 6) is -1.57. The van der Waals surface area contributed by atoms with E-state index in [0.717, 1.165) is 21.7 Å². The van der Waals surface area contributed by atoms with Crippen LogP contribution in [-0.4, -0.2) is 50.0 Å². The number of β-lactam (4-membered cyclic amide) rings is 1. The zero-order valence-electron chi connectivity index (χ0n) is 18.2. The Kier molecular flexibility index (Phi) is 4.21. The van der Waals surface area contributed by atoms with Gasteiger partial charge in [0.05, 0.1) is 6.42 Å². The fourth-order valence-electron chi connectivity index (χ4n) is 5.49. The number of nitrogens with zero attached hydrogens (tertiary/aromatic N) is 1. The van der Waals surface area contributed by atoms with Crippen LogP contribution in [0.3, 0.4) is 0 Å². The van der Waals surface area contributed by atoms with Gasteiger partial charge in [0, 0.05) is 4.75 Å². The minimum absolute atomic E-state index is 0.154. The van der Waals surface area contributed by atoms with Crippen LogP contribution in [-0.2, 0) is 20.8 Å². The van der Waals surface area contributed by atoms with E-state index in [-0.39, 0.29) is 23.6 Å². The van der Waals surface area contributed by atoms with Crippen molar-refractivity contribution in [1.29, 1.82) is 0 Å². The molecule has 0 saturated carbocycles. The molecule has 2 heterocycles. The van der Waals surface area contributed by atoms with Crippen molar-refractivity contribution in [3.63, 3.8) is 0 Å². The number of carboxylic acid groups (broad SMARTS) is 1. The number of carboxylic acids is 1. The monoisotopic (exact) mass is 458 g/mol. The van der Waals surface area contributed by atoms with Gasteiger partial charge in [0.2, 0.25) is 11.8 Å². The van der Waals surface area contributed by atoms with Gasteiger partial charge >= 0.3 is 5.97 Å². The van der Waals surface area contributed by atoms with Gasteiger partial charge in [-0.2, -0.15) is 0 Å². The van der Waals surface area contributed by atoms with E-state index in [2.05, 4.69) is 41.7 Å². The van der Waals surface area contributed by atoms with Crippen LogP contribution in [0.2, 0.25) is 0 Å². The summed E-state index contributed by atoms with van der Waals surface area (Å²) in [6.07, 6.45) is 0.154. The number of hydrogen-bond donors (Lipinski definition) is 2. The normalized spacial score (nSPS) is 23.8. The molecule has 2 fully saturated rings. The lowest BCUT2D eigenvalue weighted by atomic mass is 9.91. The van der Waals surface area contributed by atoms with E-state index in [1.807, 2.05) is 32.0 Å². The second-order valence-electron chi connectivity index (χ2n) is 9.40. The smallest absolute Gasteiger partial charge is 0.327 e. The van der Waals surface area contributed by atoms with Gasteiger partial charge in [-0.05, 0) is 51.7 Å². The SMILES string of the molecule is CC1(C)S[C@@H]2[C@H](NC(=O)Cc3ccc4ccc5cccc6ccc3c4c56)C(=O)N2[C@H]1C(=O)O. The fraction of sp³-hybridized carbons (Fsp3) is 0.269. The molecule has 0 radical (unpaired) electrons. The summed E-state index contributed by atoms with van der Waals surface area (Å²) in [6, 6.07) is 17.1. The van der Waals surface area contributed by atoms with Crippen LogP contribution < -0.4 is 5.32 Å². The van der Waals surface area contributed by atoms with Crippen LogP contribution in [0.1, 0.15) is 19.4 Å². The van der Waals surface area contributed by atoms with Gasteiger partial charge < -0.3 is 15.3 Å². The number of rotatable bonds is 4.